The summed E-state index contributed by atoms with van der Waals surface area (Å²) in [5, 5.41) is 1.10. The summed E-state index contributed by atoms with van der Waals surface area (Å²) < 4.78 is 0. The number of likely N-dealkylation sites (tertiary alicyclic amines) is 1. The van der Waals surface area contributed by atoms with Crippen molar-refractivity contribution in [2.75, 3.05) is 19.6 Å². The Morgan fingerprint density at radius 2 is 2.04 bits per heavy atom. The van der Waals surface area contributed by atoms with Gasteiger partial charge in [-0.1, -0.05) is 25.1 Å². The molecule has 0 aliphatic carbocycles. The highest BCUT2D eigenvalue weighted by Crippen LogP contribution is 2.29. The lowest BCUT2D eigenvalue weighted by atomic mass is 9.90. The molecule has 3 rings (SSSR count). The zero-order chi connectivity index (χ0) is 15.0. The summed E-state index contributed by atoms with van der Waals surface area (Å²) in [6.07, 6.45) is 0.960. The number of benzene rings is 1. The highest BCUT2D eigenvalue weighted by atomic mass is 35.5. The number of para-hydroxylation sites is 1. The molecule has 2 N–H and O–H groups in total. The predicted octanol–water partition coefficient (Wildman–Crippen LogP) is 3.20. The van der Waals surface area contributed by atoms with Crippen molar-refractivity contribution >= 4 is 41.6 Å². The van der Waals surface area contributed by atoms with Crippen LogP contribution in [0.5, 0.6) is 0 Å². The van der Waals surface area contributed by atoms with E-state index in [1.807, 2.05) is 42.2 Å². The van der Waals surface area contributed by atoms with Gasteiger partial charge in [-0.15, -0.1) is 24.8 Å². The minimum Gasteiger partial charge on any atom is -0.337 e. The number of fused-ring (bicyclic) bond motifs is 1. The van der Waals surface area contributed by atoms with Crippen LogP contribution >= 0.6 is 24.8 Å². The third kappa shape index (κ3) is 3.77. The fourth-order valence-corrected chi connectivity index (χ4v) is 2.98. The van der Waals surface area contributed by atoms with Gasteiger partial charge >= 0.3 is 0 Å². The molecule has 0 bridgehead atoms. The molecule has 2 heterocycles. The largest absolute Gasteiger partial charge is 0.337 e. The molecule has 1 atom stereocenters. The van der Waals surface area contributed by atoms with Crippen LogP contribution in [-0.2, 0) is 0 Å². The fourth-order valence-electron chi connectivity index (χ4n) is 2.98. The SMILES string of the molecule is Cc1cc(C(=O)N2CCC(C)(CN)C2)nc2ccccc12.Cl.Cl. The molecule has 23 heavy (non-hydrogen) atoms. The quantitative estimate of drug-likeness (QED) is 0.899. The normalized spacial score (nSPS) is 20.0. The van der Waals surface area contributed by atoms with E-state index in [9.17, 15) is 4.79 Å². The van der Waals surface area contributed by atoms with Crippen LogP contribution in [0, 0.1) is 12.3 Å². The third-order valence-corrected chi connectivity index (χ3v) is 4.48. The molecule has 1 amide bonds. The molecule has 0 radical (unpaired) electrons. The third-order valence-electron chi connectivity index (χ3n) is 4.48. The Labute approximate surface area is 149 Å². The Morgan fingerprint density at radius 3 is 2.70 bits per heavy atom. The number of halogens is 2. The van der Waals surface area contributed by atoms with Crippen LogP contribution in [0.4, 0.5) is 0 Å². The van der Waals surface area contributed by atoms with E-state index < -0.39 is 0 Å². The first kappa shape index (κ1) is 19.7. The predicted molar refractivity (Wildman–Crippen MR) is 98.7 cm³/mol. The molecule has 1 unspecified atom stereocenters. The highest BCUT2D eigenvalue weighted by molar-refractivity contribution is 5.96. The number of aryl methyl sites for hydroxylation is 1. The number of hydrogen-bond acceptors (Lipinski definition) is 3. The van der Waals surface area contributed by atoms with Crippen LogP contribution in [0.2, 0.25) is 0 Å². The molecule has 0 saturated carbocycles. The van der Waals surface area contributed by atoms with Gasteiger partial charge in [-0.3, -0.25) is 4.79 Å². The number of rotatable bonds is 2. The molecular weight excluding hydrogens is 333 g/mol. The second-order valence-electron chi connectivity index (χ2n) is 6.33. The summed E-state index contributed by atoms with van der Waals surface area (Å²) >= 11 is 0. The second kappa shape index (κ2) is 7.47. The topological polar surface area (TPSA) is 59.2 Å². The van der Waals surface area contributed by atoms with E-state index in [1.165, 1.54) is 0 Å². The Bertz CT molecular complexity index is 707. The lowest BCUT2D eigenvalue weighted by Gasteiger charge is -2.22. The van der Waals surface area contributed by atoms with Gasteiger partial charge < -0.3 is 10.6 Å². The van der Waals surface area contributed by atoms with Crippen molar-refractivity contribution in [3.8, 4) is 0 Å². The molecule has 1 aliphatic rings. The van der Waals surface area contributed by atoms with Gasteiger partial charge in [0, 0.05) is 18.5 Å². The molecule has 0 spiro atoms. The van der Waals surface area contributed by atoms with Crippen LogP contribution in [0.15, 0.2) is 30.3 Å². The molecule has 1 aromatic heterocycles. The molecule has 4 nitrogen and oxygen atoms in total. The van der Waals surface area contributed by atoms with E-state index in [2.05, 4.69) is 11.9 Å². The maximum atomic E-state index is 12.7. The number of pyridine rings is 1. The second-order valence-corrected chi connectivity index (χ2v) is 6.33. The van der Waals surface area contributed by atoms with Crippen LogP contribution in [0.1, 0.15) is 29.4 Å². The lowest BCUT2D eigenvalue weighted by Crippen LogP contribution is -2.34. The Kier molecular flexibility index (Phi) is 6.40. The summed E-state index contributed by atoms with van der Waals surface area (Å²) in [7, 11) is 0. The molecule has 2 aromatic rings. The average molecular weight is 356 g/mol. The number of nitrogens with zero attached hydrogens (tertiary/aromatic N) is 2. The lowest BCUT2D eigenvalue weighted by molar-refractivity contribution is 0.0771. The minimum absolute atomic E-state index is 0. The van der Waals surface area contributed by atoms with Crippen molar-refractivity contribution in [3.05, 3.63) is 41.6 Å². The smallest absolute Gasteiger partial charge is 0.272 e. The highest BCUT2D eigenvalue weighted by Gasteiger charge is 2.35. The van der Waals surface area contributed by atoms with Crippen LogP contribution < -0.4 is 5.73 Å². The molecule has 1 saturated heterocycles. The molecule has 1 aliphatic heterocycles. The van der Waals surface area contributed by atoms with Crippen molar-refractivity contribution in [1.82, 2.24) is 9.88 Å². The van der Waals surface area contributed by atoms with Crippen molar-refractivity contribution in [2.45, 2.75) is 20.3 Å². The average Bonchev–Trinajstić information content (AvgIpc) is 2.90. The number of carbonyl (C=O) groups is 1. The summed E-state index contributed by atoms with van der Waals surface area (Å²) in [6.45, 7) is 6.26. The summed E-state index contributed by atoms with van der Waals surface area (Å²) in [5.41, 5.74) is 8.36. The first-order valence-electron chi connectivity index (χ1n) is 7.38. The van der Waals surface area contributed by atoms with Gasteiger partial charge in [0.15, 0.2) is 0 Å². The first-order chi connectivity index (χ1) is 10.0. The summed E-state index contributed by atoms with van der Waals surface area (Å²) in [6, 6.07) is 9.82. The Balaban J connectivity index is 0.00000132. The van der Waals surface area contributed by atoms with Gasteiger partial charge in [0.05, 0.1) is 5.52 Å². The van der Waals surface area contributed by atoms with Crippen molar-refractivity contribution < 1.29 is 4.79 Å². The van der Waals surface area contributed by atoms with Crippen molar-refractivity contribution in [3.63, 3.8) is 0 Å². The maximum Gasteiger partial charge on any atom is 0.272 e. The van der Waals surface area contributed by atoms with E-state index in [-0.39, 0.29) is 36.1 Å². The number of hydrogen-bond donors (Lipinski definition) is 1. The van der Waals surface area contributed by atoms with Gasteiger partial charge in [0.2, 0.25) is 0 Å². The zero-order valence-electron chi connectivity index (χ0n) is 13.4. The van der Waals surface area contributed by atoms with Crippen LogP contribution in [0.25, 0.3) is 10.9 Å². The maximum absolute atomic E-state index is 12.7. The number of carbonyl (C=O) groups excluding carboxylic acids is 1. The molecule has 6 heteroatoms. The standard InChI is InChI=1S/C17H21N3O.2ClH/c1-12-9-15(19-14-6-4-3-5-13(12)14)16(21)20-8-7-17(2,10-18)11-20;;/h3-6,9H,7-8,10-11,18H2,1-2H3;2*1H. The van der Waals surface area contributed by atoms with Gasteiger partial charge in [-0.05, 0) is 43.0 Å². The van der Waals surface area contributed by atoms with Gasteiger partial charge in [-0.2, -0.15) is 0 Å². The van der Waals surface area contributed by atoms with E-state index in [0.29, 0.717) is 12.2 Å². The van der Waals surface area contributed by atoms with E-state index in [1.54, 1.807) is 0 Å². The molecule has 1 aromatic carbocycles. The molecule has 1 fully saturated rings. The van der Waals surface area contributed by atoms with E-state index in [4.69, 9.17) is 5.73 Å². The summed E-state index contributed by atoms with van der Waals surface area (Å²) in [5.74, 6) is 0.0148. The Morgan fingerprint density at radius 1 is 1.35 bits per heavy atom. The minimum atomic E-state index is 0. The zero-order valence-corrected chi connectivity index (χ0v) is 15.0. The first-order valence-corrected chi connectivity index (χ1v) is 7.38. The van der Waals surface area contributed by atoms with E-state index >= 15 is 0 Å². The molecule has 126 valence electrons. The van der Waals surface area contributed by atoms with Gasteiger partial charge in [0.1, 0.15) is 5.69 Å². The van der Waals surface area contributed by atoms with Crippen molar-refractivity contribution in [2.24, 2.45) is 11.1 Å². The van der Waals surface area contributed by atoms with Gasteiger partial charge in [0.25, 0.3) is 5.91 Å². The number of nitrogens with two attached hydrogens (primary N) is 1. The number of aromatic nitrogens is 1. The number of amides is 1. The van der Waals surface area contributed by atoms with Gasteiger partial charge in [-0.25, -0.2) is 4.98 Å². The Hall–Kier alpha value is -1.36. The van der Waals surface area contributed by atoms with E-state index in [0.717, 1.165) is 36.0 Å². The van der Waals surface area contributed by atoms with Crippen LogP contribution in [-0.4, -0.2) is 35.4 Å². The van der Waals surface area contributed by atoms with Crippen molar-refractivity contribution in [1.29, 1.82) is 0 Å². The monoisotopic (exact) mass is 355 g/mol. The fraction of sp³-hybridized carbons (Fsp3) is 0.412. The van der Waals surface area contributed by atoms with Crippen LogP contribution in [0.3, 0.4) is 0 Å². The molecular formula is C17H23Cl2N3O. The summed E-state index contributed by atoms with van der Waals surface area (Å²) in [4.78, 5) is 19.1.